The van der Waals surface area contributed by atoms with Gasteiger partial charge < -0.3 is 15.4 Å². The maximum Gasteiger partial charge on any atom is 0.332 e. The molecule has 0 unspecified atom stereocenters. The number of benzene rings is 1. The van der Waals surface area contributed by atoms with Crippen LogP contribution in [0.3, 0.4) is 0 Å². The average Bonchev–Trinajstić information content (AvgIpc) is 2.35. The molecule has 0 radical (unpaired) electrons. The molecule has 0 aliphatic rings. The number of fused-ring (bicyclic) bond motifs is 1. The van der Waals surface area contributed by atoms with Crippen LogP contribution in [0, 0.1) is 0 Å². The standard InChI is InChI=1S/C12H10N2O4/c15-6-13-10(12(17)18)9-5-7-3-1-2-4-8(7)11(16)14-9/h1-6,10H,(H,13,15)(H,14,16)(H,17,18)/t10-/m0/s1. The van der Waals surface area contributed by atoms with Gasteiger partial charge in [-0.3, -0.25) is 9.59 Å². The van der Waals surface area contributed by atoms with E-state index in [0.717, 1.165) is 0 Å². The lowest BCUT2D eigenvalue weighted by Gasteiger charge is -2.11. The van der Waals surface area contributed by atoms with Crippen molar-refractivity contribution in [2.45, 2.75) is 6.04 Å². The lowest BCUT2D eigenvalue weighted by atomic mass is 10.1. The number of amides is 1. The van der Waals surface area contributed by atoms with Crippen LogP contribution in [0.5, 0.6) is 0 Å². The molecule has 0 fully saturated rings. The van der Waals surface area contributed by atoms with Crippen molar-refractivity contribution in [3.8, 4) is 0 Å². The molecule has 2 rings (SSSR count). The first-order valence-electron chi connectivity index (χ1n) is 5.18. The Kier molecular flexibility index (Phi) is 3.09. The largest absolute Gasteiger partial charge is 0.479 e. The van der Waals surface area contributed by atoms with E-state index in [9.17, 15) is 14.4 Å². The van der Waals surface area contributed by atoms with Crippen LogP contribution in [0.1, 0.15) is 11.7 Å². The fourth-order valence-corrected chi connectivity index (χ4v) is 1.75. The molecule has 0 bridgehead atoms. The average molecular weight is 246 g/mol. The molecule has 3 N–H and O–H groups in total. The monoisotopic (exact) mass is 246 g/mol. The second kappa shape index (κ2) is 4.70. The number of carbonyl (C=O) groups excluding carboxylic acids is 1. The van der Waals surface area contributed by atoms with E-state index < -0.39 is 12.0 Å². The number of aromatic amines is 1. The van der Waals surface area contributed by atoms with E-state index in [4.69, 9.17) is 5.11 Å². The first-order valence-corrected chi connectivity index (χ1v) is 5.18. The lowest BCUT2D eigenvalue weighted by molar-refractivity contribution is -0.140. The predicted octanol–water partition coefficient (Wildman–Crippen LogP) is 0.400. The Bertz CT molecular complexity index is 662. The third kappa shape index (κ3) is 2.08. The molecule has 0 saturated heterocycles. The summed E-state index contributed by atoms with van der Waals surface area (Å²) in [6, 6.07) is 7.07. The van der Waals surface area contributed by atoms with Gasteiger partial charge in [0.2, 0.25) is 6.41 Å². The summed E-state index contributed by atoms with van der Waals surface area (Å²) in [6.07, 6.45) is 0.284. The van der Waals surface area contributed by atoms with Gasteiger partial charge >= 0.3 is 5.97 Å². The Labute approximate surface area is 101 Å². The quantitative estimate of drug-likeness (QED) is 0.680. The Balaban J connectivity index is 2.61. The number of aromatic nitrogens is 1. The van der Waals surface area contributed by atoms with Gasteiger partial charge in [0.1, 0.15) is 0 Å². The minimum absolute atomic E-state index is 0.137. The van der Waals surface area contributed by atoms with Crippen LogP contribution in [0.25, 0.3) is 10.8 Å². The first kappa shape index (κ1) is 11.8. The molecule has 6 nitrogen and oxygen atoms in total. The van der Waals surface area contributed by atoms with E-state index in [1.54, 1.807) is 24.3 Å². The third-order valence-electron chi connectivity index (χ3n) is 2.57. The van der Waals surface area contributed by atoms with Crippen molar-refractivity contribution in [2.24, 2.45) is 0 Å². The van der Waals surface area contributed by atoms with Crippen molar-refractivity contribution in [3.63, 3.8) is 0 Å². The van der Waals surface area contributed by atoms with Crippen LogP contribution in [0.15, 0.2) is 35.1 Å². The fraction of sp³-hybridized carbons (Fsp3) is 0.0833. The van der Waals surface area contributed by atoms with E-state index in [-0.39, 0.29) is 17.7 Å². The number of carboxylic acid groups (broad SMARTS) is 1. The van der Waals surface area contributed by atoms with Crippen molar-refractivity contribution in [1.82, 2.24) is 10.3 Å². The van der Waals surface area contributed by atoms with E-state index in [1.165, 1.54) is 6.07 Å². The van der Waals surface area contributed by atoms with Crippen molar-refractivity contribution in [1.29, 1.82) is 0 Å². The number of pyridine rings is 1. The Hall–Kier alpha value is -2.63. The minimum atomic E-state index is -1.26. The highest BCUT2D eigenvalue weighted by molar-refractivity contribution is 5.84. The van der Waals surface area contributed by atoms with Gasteiger partial charge in [0, 0.05) is 5.39 Å². The molecular weight excluding hydrogens is 236 g/mol. The van der Waals surface area contributed by atoms with Gasteiger partial charge in [-0.05, 0) is 17.5 Å². The molecule has 2 aromatic rings. The smallest absolute Gasteiger partial charge is 0.332 e. The van der Waals surface area contributed by atoms with Crippen molar-refractivity contribution >= 4 is 23.2 Å². The van der Waals surface area contributed by atoms with Gasteiger partial charge in [-0.15, -0.1) is 0 Å². The van der Waals surface area contributed by atoms with Crippen molar-refractivity contribution < 1.29 is 14.7 Å². The molecule has 1 amide bonds. The van der Waals surface area contributed by atoms with Gasteiger partial charge in [-0.2, -0.15) is 0 Å². The summed E-state index contributed by atoms with van der Waals surface area (Å²) in [4.78, 5) is 35.6. The van der Waals surface area contributed by atoms with Gasteiger partial charge in [-0.25, -0.2) is 4.79 Å². The van der Waals surface area contributed by atoms with Crippen LogP contribution in [-0.2, 0) is 9.59 Å². The molecular formula is C12H10N2O4. The Morgan fingerprint density at radius 1 is 1.39 bits per heavy atom. The summed E-state index contributed by atoms with van der Waals surface area (Å²) >= 11 is 0. The SMILES string of the molecule is O=CN[C@H](C(=O)O)c1cc2ccccc2c(=O)[nH]1. The van der Waals surface area contributed by atoms with Crippen LogP contribution >= 0.6 is 0 Å². The van der Waals surface area contributed by atoms with Crippen molar-refractivity contribution in [3.05, 3.63) is 46.4 Å². The predicted molar refractivity (Wildman–Crippen MR) is 64.1 cm³/mol. The van der Waals surface area contributed by atoms with E-state index in [0.29, 0.717) is 10.8 Å². The Morgan fingerprint density at radius 3 is 2.78 bits per heavy atom. The van der Waals surface area contributed by atoms with E-state index in [2.05, 4.69) is 10.3 Å². The van der Waals surface area contributed by atoms with Gasteiger partial charge in [0.05, 0.1) is 5.69 Å². The highest BCUT2D eigenvalue weighted by Gasteiger charge is 2.20. The van der Waals surface area contributed by atoms with Crippen molar-refractivity contribution in [2.75, 3.05) is 0 Å². The molecule has 6 heteroatoms. The number of hydrogen-bond donors (Lipinski definition) is 3. The number of carboxylic acids is 1. The van der Waals surface area contributed by atoms with Crippen LogP contribution < -0.4 is 10.9 Å². The molecule has 1 aromatic carbocycles. The van der Waals surface area contributed by atoms with Crippen LogP contribution in [0.2, 0.25) is 0 Å². The van der Waals surface area contributed by atoms with Gasteiger partial charge in [-0.1, -0.05) is 18.2 Å². The summed E-state index contributed by atoms with van der Waals surface area (Å²) in [5.74, 6) is -1.24. The molecule has 18 heavy (non-hydrogen) atoms. The zero-order valence-electron chi connectivity index (χ0n) is 9.21. The first-order chi connectivity index (χ1) is 8.63. The summed E-state index contributed by atoms with van der Waals surface area (Å²) < 4.78 is 0. The normalized spacial score (nSPS) is 12.0. The lowest BCUT2D eigenvalue weighted by Crippen LogP contribution is -2.29. The van der Waals surface area contributed by atoms with E-state index in [1.807, 2.05) is 0 Å². The maximum atomic E-state index is 11.8. The maximum absolute atomic E-state index is 11.8. The zero-order chi connectivity index (χ0) is 13.1. The number of H-pyrrole nitrogens is 1. The highest BCUT2D eigenvalue weighted by atomic mass is 16.4. The summed E-state index contributed by atoms with van der Waals surface area (Å²) in [5.41, 5.74) is -0.250. The van der Waals surface area contributed by atoms with E-state index >= 15 is 0 Å². The Morgan fingerprint density at radius 2 is 2.11 bits per heavy atom. The minimum Gasteiger partial charge on any atom is -0.479 e. The number of hydrogen-bond acceptors (Lipinski definition) is 3. The molecule has 92 valence electrons. The summed E-state index contributed by atoms with van der Waals surface area (Å²) in [6.45, 7) is 0. The molecule has 0 saturated carbocycles. The number of nitrogens with one attached hydrogen (secondary N) is 2. The van der Waals surface area contributed by atoms with Crippen LogP contribution in [0.4, 0.5) is 0 Å². The molecule has 0 aliphatic heterocycles. The van der Waals surface area contributed by atoms with Gasteiger partial charge in [0.15, 0.2) is 6.04 Å². The molecule has 0 spiro atoms. The highest BCUT2D eigenvalue weighted by Crippen LogP contribution is 2.15. The molecule has 1 heterocycles. The zero-order valence-corrected chi connectivity index (χ0v) is 9.21. The third-order valence-corrected chi connectivity index (χ3v) is 2.57. The number of rotatable bonds is 4. The second-order valence-electron chi connectivity index (χ2n) is 3.70. The van der Waals surface area contributed by atoms with Crippen LogP contribution in [-0.4, -0.2) is 22.5 Å². The summed E-state index contributed by atoms with van der Waals surface area (Å²) in [7, 11) is 0. The summed E-state index contributed by atoms with van der Waals surface area (Å²) in [5, 5.41) is 12.2. The molecule has 0 aliphatic carbocycles. The number of aliphatic carboxylic acids is 1. The number of carbonyl (C=O) groups is 2. The topological polar surface area (TPSA) is 99.3 Å². The second-order valence-corrected chi connectivity index (χ2v) is 3.70. The van der Waals surface area contributed by atoms with Gasteiger partial charge in [0.25, 0.3) is 5.56 Å². The molecule has 1 aromatic heterocycles. The fourth-order valence-electron chi connectivity index (χ4n) is 1.75. The molecule has 1 atom stereocenters.